The molecular weight excluding hydrogens is 268 g/mol. The normalized spacial score (nSPS) is 12.7. The van der Waals surface area contributed by atoms with Crippen LogP contribution in [0.25, 0.3) is 0 Å². The van der Waals surface area contributed by atoms with Crippen molar-refractivity contribution >= 4 is 20.0 Å². The van der Waals surface area contributed by atoms with Crippen LogP contribution in [0.5, 0.6) is 0 Å². The molecule has 1 rings (SSSR count). The Morgan fingerprint density at radius 2 is 1.59 bits per heavy atom. The van der Waals surface area contributed by atoms with Crippen LogP contribution in [0.15, 0.2) is 21.9 Å². The van der Waals surface area contributed by atoms with Gasteiger partial charge in [0, 0.05) is 0 Å². The molecule has 1 aromatic carbocycles. The van der Waals surface area contributed by atoms with Crippen LogP contribution in [-0.2, 0) is 31.8 Å². The molecule has 7 nitrogen and oxygen atoms in total. The summed E-state index contributed by atoms with van der Waals surface area (Å²) in [5.41, 5.74) is 0.162. The predicted molar refractivity (Wildman–Crippen MR) is 58.3 cm³/mol. The number of benzene rings is 1. The van der Waals surface area contributed by atoms with Gasteiger partial charge in [-0.05, 0) is 30.2 Å². The highest BCUT2D eigenvalue weighted by atomic mass is 32.2. The van der Waals surface area contributed by atoms with Gasteiger partial charge in [-0.3, -0.25) is 0 Å². The van der Waals surface area contributed by atoms with Crippen molar-refractivity contribution in [3.05, 3.63) is 23.3 Å². The van der Waals surface area contributed by atoms with E-state index in [0.717, 1.165) is 12.1 Å². The van der Waals surface area contributed by atoms with Crippen LogP contribution < -0.4 is 10.3 Å². The summed E-state index contributed by atoms with van der Waals surface area (Å²) in [4.78, 5) is -0.854. The van der Waals surface area contributed by atoms with Gasteiger partial charge in [-0.1, -0.05) is 0 Å². The summed E-state index contributed by atoms with van der Waals surface area (Å²) < 4.78 is 44.7. The van der Waals surface area contributed by atoms with E-state index in [1.807, 2.05) is 0 Å². The van der Waals surface area contributed by atoms with Crippen LogP contribution in [-0.4, -0.2) is 16.8 Å². The first kappa shape index (κ1) is 14.1. The summed E-state index contributed by atoms with van der Waals surface area (Å²) in [6.45, 7) is 0.609. The first-order chi connectivity index (χ1) is 7.57. The maximum Gasteiger partial charge on any atom is 0.238 e. The zero-order valence-corrected chi connectivity index (χ0v) is 10.5. The van der Waals surface area contributed by atoms with Crippen LogP contribution in [0.2, 0.25) is 0 Å². The molecule has 0 aliphatic carbocycles. The first-order valence-corrected chi connectivity index (χ1v) is 7.44. The third kappa shape index (κ3) is 3.01. The molecule has 0 aromatic heterocycles. The van der Waals surface area contributed by atoms with Crippen molar-refractivity contribution in [3.63, 3.8) is 0 Å². The molecule has 1 aromatic rings. The summed E-state index contributed by atoms with van der Waals surface area (Å²) >= 11 is 0. The molecule has 1 radical (unpaired) electrons. The Kier molecular flexibility index (Phi) is 3.60. The highest BCUT2D eigenvalue weighted by Crippen LogP contribution is 2.22. The van der Waals surface area contributed by atoms with Gasteiger partial charge in [0.15, 0.2) is 0 Å². The van der Waals surface area contributed by atoms with Crippen LogP contribution in [0.4, 0.5) is 0 Å². The number of primary sulfonamides is 2. The largest absolute Gasteiger partial charge is 0.238 e. The molecule has 0 fully saturated rings. The van der Waals surface area contributed by atoms with Gasteiger partial charge in [0.1, 0.15) is 6.61 Å². The molecule has 4 N–H and O–H groups in total. The van der Waals surface area contributed by atoms with Gasteiger partial charge in [-0.2, -0.15) is 0 Å². The lowest BCUT2D eigenvalue weighted by Gasteiger charge is -2.10. The molecule has 0 saturated heterocycles. The topological polar surface area (TPSA) is 140 Å². The molecule has 0 atom stereocenters. The van der Waals surface area contributed by atoms with E-state index in [2.05, 4.69) is 0 Å². The predicted octanol–water partition coefficient (Wildman–Crippen LogP) is -0.780. The summed E-state index contributed by atoms with van der Waals surface area (Å²) in [6.07, 6.45) is 0. The van der Waals surface area contributed by atoms with Gasteiger partial charge >= 0.3 is 0 Å². The zero-order chi connectivity index (χ0) is 13.4. The van der Waals surface area contributed by atoms with Crippen molar-refractivity contribution in [3.8, 4) is 0 Å². The average Bonchev–Trinajstić information content (AvgIpc) is 2.14. The van der Waals surface area contributed by atoms with Crippen LogP contribution >= 0.6 is 0 Å². The van der Waals surface area contributed by atoms with Gasteiger partial charge < -0.3 is 0 Å². The monoisotopic (exact) mass is 279 g/mol. The molecule has 95 valence electrons. The van der Waals surface area contributed by atoms with Crippen molar-refractivity contribution in [2.24, 2.45) is 10.3 Å². The highest BCUT2D eigenvalue weighted by Gasteiger charge is 2.19. The Labute approximate surface area is 99.2 Å². The average molecular weight is 279 g/mol. The standard InChI is InChI=1S/C8H11N2O5S2/c1-5-6(4-11)2-7(16(9,12)13)3-8(5)17(10,14)15/h2-3H,4H2,1H3,(H2,9,12,13)(H2,10,14,15). The third-order valence-corrected chi connectivity index (χ3v) is 4.16. The van der Waals surface area contributed by atoms with Gasteiger partial charge in [0.25, 0.3) is 0 Å². The second-order valence-electron chi connectivity index (χ2n) is 3.44. The van der Waals surface area contributed by atoms with E-state index in [1.54, 1.807) is 0 Å². The van der Waals surface area contributed by atoms with Crippen LogP contribution in [0, 0.1) is 6.92 Å². The van der Waals surface area contributed by atoms with E-state index >= 15 is 0 Å². The first-order valence-electron chi connectivity index (χ1n) is 4.34. The lowest BCUT2D eigenvalue weighted by molar-refractivity contribution is 0.176. The van der Waals surface area contributed by atoms with Crippen molar-refractivity contribution < 1.29 is 21.9 Å². The quantitative estimate of drug-likeness (QED) is 0.748. The highest BCUT2D eigenvalue weighted by molar-refractivity contribution is 7.90. The number of sulfonamides is 2. The molecule has 9 heteroatoms. The van der Waals surface area contributed by atoms with E-state index < -0.39 is 36.4 Å². The summed E-state index contributed by atoms with van der Waals surface area (Å²) in [7, 11) is -8.20. The molecule has 0 spiro atoms. The van der Waals surface area contributed by atoms with Crippen molar-refractivity contribution in [2.45, 2.75) is 23.3 Å². The fraction of sp³-hybridized carbons (Fsp3) is 0.250. The molecule has 0 bridgehead atoms. The molecule has 0 amide bonds. The number of nitrogens with two attached hydrogens (primary N) is 2. The van der Waals surface area contributed by atoms with E-state index in [1.165, 1.54) is 6.92 Å². The second-order valence-corrected chi connectivity index (χ2v) is 6.53. The SMILES string of the molecule is Cc1c(C[O])cc(S(N)(=O)=O)cc1S(N)(=O)=O. The lowest BCUT2D eigenvalue weighted by atomic mass is 10.1. The molecule has 17 heavy (non-hydrogen) atoms. The summed E-state index contributed by atoms with van der Waals surface area (Å²) in [5.74, 6) is 0. The Balaban J connectivity index is 3.74. The third-order valence-electron chi connectivity index (χ3n) is 2.23. The smallest absolute Gasteiger partial charge is 0.232 e. The van der Waals surface area contributed by atoms with E-state index in [0.29, 0.717) is 0 Å². The van der Waals surface area contributed by atoms with Crippen LogP contribution in [0.3, 0.4) is 0 Å². The maximum absolute atomic E-state index is 11.2. The molecule has 0 saturated carbocycles. The van der Waals surface area contributed by atoms with Gasteiger partial charge in [0.05, 0.1) is 9.79 Å². The van der Waals surface area contributed by atoms with Gasteiger partial charge in [-0.25, -0.2) is 32.2 Å². The maximum atomic E-state index is 11.2. The zero-order valence-electron chi connectivity index (χ0n) is 8.87. The minimum atomic E-state index is -4.11. The minimum absolute atomic E-state index is 0.0283. The van der Waals surface area contributed by atoms with Gasteiger partial charge in [-0.15, -0.1) is 0 Å². The van der Waals surface area contributed by atoms with Crippen LogP contribution in [0.1, 0.15) is 11.1 Å². The Morgan fingerprint density at radius 1 is 1.06 bits per heavy atom. The Hall–Kier alpha value is -1.00. The fourth-order valence-corrected chi connectivity index (χ4v) is 2.84. The lowest BCUT2D eigenvalue weighted by Crippen LogP contribution is -2.18. The van der Waals surface area contributed by atoms with E-state index in [4.69, 9.17) is 10.3 Å². The number of rotatable bonds is 3. The Morgan fingerprint density at radius 3 is 1.94 bits per heavy atom. The number of hydrogen-bond acceptors (Lipinski definition) is 4. The molecule has 0 unspecified atom stereocenters. The second kappa shape index (κ2) is 4.35. The van der Waals surface area contributed by atoms with Gasteiger partial charge in [0.2, 0.25) is 20.0 Å². The molecular formula is C8H11N2O5S2. The summed E-state index contributed by atoms with van der Waals surface area (Å²) in [5, 5.41) is 20.6. The van der Waals surface area contributed by atoms with E-state index in [9.17, 15) is 21.9 Å². The summed E-state index contributed by atoms with van der Waals surface area (Å²) in [6, 6.07) is 1.89. The number of hydrogen-bond donors (Lipinski definition) is 2. The Bertz CT molecular complexity index is 649. The minimum Gasteiger partial charge on any atom is -0.232 e. The fourth-order valence-electron chi connectivity index (χ4n) is 1.33. The van der Waals surface area contributed by atoms with Crippen molar-refractivity contribution in [1.82, 2.24) is 0 Å². The van der Waals surface area contributed by atoms with Crippen molar-refractivity contribution in [1.29, 1.82) is 0 Å². The molecule has 0 aliphatic heterocycles. The molecule has 0 aliphatic rings. The van der Waals surface area contributed by atoms with Crippen molar-refractivity contribution in [2.75, 3.05) is 0 Å². The molecule has 0 heterocycles. The van der Waals surface area contributed by atoms with E-state index in [-0.39, 0.29) is 11.1 Å².